The van der Waals surface area contributed by atoms with Crippen molar-refractivity contribution in [2.45, 2.75) is 44.4 Å². The molecule has 0 aromatic carbocycles. The minimum atomic E-state index is -0.501. The predicted octanol–water partition coefficient (Wildman–Crippen LogP) is 3.66. The largest absolute Gasteiger partial charge is 0.353 e. The van der Waals surface area contributed by atoms with Gasteiger partial charge >= 0.3 is 0 Å². The molecule has 2 N–H and O–H groups in total. The fraction of sp³-hybridized carbons (Fsp3) is 0.600. The molecule has 0 bridgehead atoms. The van der Waals surface area contributed by atoms with Crippen LogP contribution in [0, 0.1) is 0 Å². The standard InChI is InChI=1S/C15H24BrNO2/c1-5-9-19-15(18-4)10-14(17,11-15)12(3)7-8-13(16)6-2/h6-8H,2,5,9-11,17H2,1,3-4H3/b12-7+,13-8+. The van der Waals surface area contributed by atoms with Crippen molar-refractivity contribution in [1.82, 2.24) is 0 Å². The zero-order chi connectivity index (χ0) is 14.5. The Balaban J connectivity index is 2.69. The summed E-state index contributed by atoms with van der Waals surface area (Å²) >= 11 is 3.39. The fourth-order valence-corrected chi connectivity index (χ4v) is 2.35. The van der Waals surface area contributed by atoms with Crippen molar-refractivity contribution >= 4 is 15.9 Å². The normalized spacial score (nSPS) is 32.1. The quantitative estimate of drug-likeness (QED) is 0.572. The maximum Gasteiger partial charge on any atom is 0.172 e. The Kier molecular flexibility index (Phi) is 5.99. The average Bonchev–Trinajstić information content (AvgIpc) is 2.38. The molecule has 0 radical (unpaired) electrons. The highest BCUT2D eigenvalue weighted by atomic mass is 79.9. The van der Waals surface area contributed by atoms with Crippen molar-refractivity contribution in [3.63, 3.8) is 0 Å². The molecule has 0 atom stereocenters. The molecule has 0 unspecified atom stereocenters. The number of allylic oxidation sites excluding steroid dienone is 4. The highest BCUT2D eigenvalue weighted by Crippen LogP contribution is 2.46. The van der Waals surface area contributed by atoms with Crippen molar-refractivity contribution < 1.29 is 9.47 Å². The maximum atomic E-state index is 6.40. The number of hydrogen-bond acceptors (Lipinski definition) is 3. The van der Waals surface area contributed by atoms with Crippen LogP contribution in [0.5, 0.6) is 0 Å². The van der Waals surface area contributed by atoms with Crippen LogP contribution in [0.25, 0.3) is 0 Å². The van der Waals surface area contributed by atoms with Crippen LogP contribution in [-0.4, -0.2) is 25.0 Å². The van der Waals surface area contributed by atoms with Gasteiger partial charge in [0.05, 0.1) is 0 Å². The topological polar surface area (TPSA) is 44.5 Å². The monoisotopic (exact) mass is 329 g/mol. The molecule has 0 spiro atoms. The van der Waals surface area contributed by atoms with Crippen LogP contribution >= 0.6 is 15.9 Å². The second kappa shape index (κ2) is 6.84. The first-order valence-corrected chi connectivity index (χ1v) is 7.35. The van der Waals surface area contributed by atoms with E-state index < -0.39 is 5.79 Å². The minimum absolute atomic E-state index is 0.339. The average molecular weight is 330 g/mol. The number of nitrogens with two attached hydrogens (primary N) is 1. The molecule has 1 aliphatic carbocycles. The predicted molar refractivity (Wildman–Crippen MR) is 83.1 cm³/mol. The van der Waals surface area contributed by atoms with E-state index in [4.69, 9.17) is 15.2 Å². The molecule has 0 aliphatic heterocycles. The summed E-state index contributed by atoms with van der Waals surface area (Å²) in [5, 5.41) is 0. The molecule has 0 amide bonds. The Morgan fingerprint density at radius 1 is 1.42 bits per heavy atom. The third-order valence-corrected chi connectivity index (χ3v) is 4.17. The lowest BCUT2D eigenvalue weighted by atomic mass is 9.67. The number of halogens is 1. The highest BCUT2D eigenvalue weighted by molar-refractivity contribution is 9.11. The SMILES string of the molecule is C=C/C(Br)=C\C=C(/C)C1(N)CC(OC)(OCCC)C1. The van der Waals surface area contributed by atoms with Crippen LogP contribution in [-0.2, 0) is 9.47 Å². The summed E-state index contributed by atoms with van der Waals surface area (Å²) in [6.07, 6.45) is 8.09. The van der Waals surface area contributed by atoms with Gasteiger partial charge in [-0.3, -0.25) is 0 Å². The lowest BCUT2D eigenvalue weighted by Crippen LogP contribution is -2.64. The van der Waals surface area contributed by atoms with Crippen molar-refractivity contribution in [2.24, 2.45) is 5.73 Å². The van der Waals surface area contributed by atoms with Gasteiger partial charge in [-0.1, -0.05) is 47.2 Å². The van der Waals surface area contributed by atoms with Gasteiger partial charge in [0.25, 0.3) is 0 Å². The van der Waals surface area contributed by atoms with Gasteiger partial charge in [0, 0.05) is 36.6 Å². The van der Waals surface area contributed by atoms with Crippen LogP contribution in [0.4, 0.5) is 0 Å². The summed E-state index contributed by atoms with van der Waals surface area (Å²) in [5.41, 5.74) is 7.18. The van der Waals surface area contributed by atoms with Gasteiger partial charge in [-0.15, -0.1) is 0 Å². The van der Waals surface area contributed by atoms with Gasteiger partial charge in [0.2, 0.25) is 0 Å². The summed E-state index contributed by atoms with van der Waals surface area (Å²) in [6.45, 7) is 8.52. The lowest BCUT2D eigenvalue weighted by Gasteiger charge is -2.53. The zero-order valence-electron chi connectivity index (χ0n) is 12.0. The van der Waals surface area contributed by atoms with Crippen LogP contribution in [0.3, 0.4) is 0 Å². The van der Waals surface area contributed by atoms with Gasteiger partial charge in [-0.2, -0.15) is 0 Å². The third kappa shape index (κ3) is 4.02. The number of hydrogen-bond donors (Lipinski definition) is 1. The van der Waals surface area contributed by atoms with Gasteiger partial charge < -0.3 is 15.2 Å². The molecule has 19 heavy (non-hydrogen) atoms. The van der Waals surface area contributed by atoms with Crippen molar-refractivity contribution in [3.8, 4) is 0 Å². The summed E-state index contributed by atoms with van der Waals surface area (Å²) in [5.74, 6) is -0.501. The molecule has 0 aromatic rings. The van der Waals surface area contributed by atoms with Crippen LogP contribution in [0.15, 0.2) is 34.9 Å². The molecule has 1 fully saturated rings. The summed E-state index contributed by atoms with van der Waals surface area (Å²) < 4.78 is 12.2. The molecule has 1 rings (SSSR count). The third-order valence-electron chi connectivity index (χ3n) is 3.58. The van der Waals surface area contributed by atoms with Gasteiger partial charge in [0.15, 0.2) is 5.79 Å². The van der Waals surface area contributed by atoms with Gasteiger partial charge in [-0.05, 0) is 19.4 Å². The Hall–Kier alpha value is -0.420. The Labute approximate surface area is 124 Å². The van der Waals surface area contributed by atoms with E-state index >= 15 is 0 Å². The number of ether oxygens (including phenoxy) is 2. The first-order chi connectivity index (χ1) is 8.91. The van der Waals surface area contributed by atoms with E-state index in [0.29, 0.717) is 19.4 Å². The molecule has 108 valence electrons. The van der Waals surface area contributed by atoms with Crippen molar-refractivity contribution in [2.75, 3.05) is 13.7 Å². The van der Waals surface area contributed by atoms with E-state index in [-0.39, 0.29) is 5.54 Å². The molecular weight excluding hydrogens is 306 g/mol. The Bertz CT molecular complexity index is 382. The Morgan fingerprint density at radius 3 is 2.53 bits per heavy atom. The molecule has 3 nitrogen and oxygen atoms in total. The van der Waals surface area contributed by atoms with Gasteiger partial charge in [0.1, 0.15) is 0 Å². The highest BCUT2D eigenvalue weighted by Gasteiger charge is 2.54. The summed E-state index contributed by atoms with van der Waals surface area (Å²) in [4.78, 5) is 0. The van der Waals surface area contributed by atoms with Crippen molar-refractivity contribution in [1.29, 1.82) is 0 Å². The lowest BCUT2D eigenvalue weighted by molar-refractivity contribution is -0.282. The van der Waals surface area contributed by atoms with E-state index in [0.717, 1.165) is 16.5 Å². The maximum absolute atomic E-state index is 6.40. The molecule has 1 aliphatic rings. The van der Waals surface area contributed by atoms with Crippen LogP contribution in [0.2, 0.25) is 0 Å². The molecule has 0 aromatic heterocycles. The fourth-order valence-electron chi connectivity index (χ4n) is 2.22. The van der Waals surface area contributed by atoms with Crippen LogP contribution < -0.4 is 5.73 Å². The Morgan fingerprint density at radius 2 is 2.05 bits per heavy atom. The smallest absolute Gasteiger partial charge is 0.172 e. The number of rotatable bonds is 7. The van der Waals surface area contributed by atoms with E-state index in [2.05, 4.69) is 29.4 Å². The van der Waals surface area contributed by atoms with Crippen molar-refractivity contribution in [3.05, 3.63) is 34.9 Å². The van der Waals surface area contributed by atoms with Crippen LogP contribution in [0.1, 0.15) is 33.1 Å². The van der Waals surface area contributed by atoms with Gasteiger partial charge in [-0.25, -0.2) is 0 Å². The minimum Gasteiger partial charge on any atom is -0.353 e. The van der Waals surface area contributed by atoms with E-state index in [1.807, 2.05) is 19.1 Å². The van der Waals surface area contributed by atoms with E-state index in [9.17, 15) is 0 Å². The molecule has 0 saturated heterocycles. The zero-order valence-corrected chi connectivity index (χ0v) is 13.6. The first kappa shape index (κ1) is 16.6. The summed E-state index contributed by atoms with van der Waals surface area (Å²) in [6, 6.07) is 0. The molecule has 0 heterocycles. The second-order valence-electron chi connectivity index (χ2n) is 5.08. The van der Waals surface area contributed by atoms with E-state index in [1.54, 1.807) is 13.2 Å². The summed E-state index contributed by atoms with van der Waals surface area (Å²) in [7, 11) is 1.68. The molecule has 1 saturated carbocycles. The van der Waals surface area contributed by atoms with E-state index in [1.165, 1.54) is 0 Å². The molecule has 4 heteroatoms. The second-order valence-corrected chi connectivity index (χ2v) is 5.99. The first-order valence-electron chi connectivity index (χ1n) is 6.56. The number of methoxy groups -OCH3 is 1. The molecular formula is C15H24BrNO2.